The predicted octanol–water partition coefficient (Wildman–Crippen LogP) is 3.32. The lowest BCUT2D eigenvalue weighted by atomic mass is 10.1. The number of hydrogen-bond donors (Lipinski definition) is 1. The number of benzene rings is 2. The van der Waals surface area contributed by atoms with Gasteiger partial charge >= 0.3 is 0 Å². The molecule has 0 atom stereocenters. The van der Waals surface area contributed by atoms with Gasteiger partial charge in [0.25, 0.3) is 5.69 Å². The third-order valence-corrected chi connectivity index (χ3v) is 5.47. The Labute approximate surface area is 176 Å². The van der Waals surface area contributed by atoms with Gasteiger partial charge in [0.1, 0.15) is 0 Å². The largest absolute Gasteiger partial charge is 0.369 e. The van der Waals surface area contributed by atoms with Crippen LogP contribution in [0.25, 0.3) is 0 Å². The smallest absolute Gasteiger partial charge is 0.270 e. The highest BCUT2D eigenvalue weighted by Crippen LogP contribution is 2.27. The molecule has 1 amide bonds. The minimum Gasteiger partial charge on any atom is -0.369 e. The Kier molecular flexibility index (Phi) is 6.60. The molecule has 1 saturated heterocycles. The molecule has 0 unspecified atom stereocenters. The van der Waals surface area contributed by atoms with Gasteiger partial charge in [0.05, 0.1) is 17.2 Å². The van der Waals surface area contributed by atoms with E-state index in [1.165, 1.54) is 18.2 Å². The van der Waals surface area contributed by atoms with Crippen molar-refractivity contribution >= 4 is 44.7 Å². The lowest BCUT2D eigenvalue weighted by molar-refractivity contribution is -0.384. The SMILES string of the molecule is CC(=O)c1ccc(N2CCN(CC(=O)Nc3ccc([N+](=O)[O-])cc3Br)CC2)cc1. The number of halogens is 1. The topological polar surface area (TPSA) is 95.8 Å². The van der Waals surface area contributed by atoms with Gasteiger partial charge in [-0.3, -0.25) is 24.6 Å². The van der Waals surface area contributed by atoms with Gasteiger partial charge in [0.15, 0.2) is 5.78 Å². The lowest BCUT2D eigenvalue weighted by Crippen LogP contribution is -2.48. The van der Waals surface area contributed by atoms with Gasteiger partial charge in [0, 0.05) is 54.0 Å². The fraction of sp³-hybridized carbons (Fsp3) is 0.300. The van der Waals surface area contributed by atoms with Crippen molar-refractivity contribution in [3.05, 3.63) is 62.6 Å². The van der Waals surface area contributed by atoms with Crippen LogP contribution < -0.4 is 10.2 Å². The van der Waals surface area contributed by atoms with Gasteiger partial charge in [-0.2, -0.15) is 0 Å². The van der Waals surface area contributed by atoms with Crippen LogP contribution >= 0.6 is 15.9 Å². The zero-order valence-corrected chi connectivity index (χ0v) is 17.5. The third-order valence-electron chi connectivity index (χ3n) is 4.82. The maximum absolute atomic E-state index is 12.4. The molecule has 1 aliphatic heterocycles. The number of carbonyl (C=O) groups excluding carboxylic acids is 2. The van der Waals surface area contributed by atoms with E-state index in [2.05, 4.69) is 31.0 Å². The molecule has 3 rings (SSSR count). The number of rotatable bonds is 6. The number of nitro groups is 1. The highest BCUT2D eigenvalue weighted by atomic mass is 79.9. The molecule has 0 bridgehead atoms. The summed E-state index contributed by atoms with van der Waals surface area (Å²) in [6, 6.07) is 11.8. The minimum atomic E-state index is -0.483. The molecule has 0 aromatic heterocycles. The Hall–Kier alpha value is -2.78. The van der Waals surface area contributed by atoms with Gasteiger partial charge < -0.3 is 10.2 Å². The number of nitro benzene ring substituents is 1. The number of nitrogens with one attached hydrogen (secondary N) is 1. The first-order chi connectivity index (χ1) is 13.8. The Bertz CT molecular complexity index is 925. The van der Waals surface area contributed by atoms with Crippen LogP contribution in [0, 0.1) is 10.1 Å². The summed E-state index contributed by atoms with van der Waals surface area (Å²) in [5.41, 5.74) is 2.22. The lowest BCUT2D eigenvalue weighted by Gasteiger charge is -2.35. The summed E-state index contributed by atoms with van der Waals surface area (Å²) >= 11 is 3.26. The van der Waals surface area contributed by atoms with E-state index >= 15 is 0 Å². The maximum atomic E-state index is 12.4. The molecular weight excluding hydrogens is 440 g/mol. The van der Waals surface area contributed by atoms with E-state index < -0.39 is 4.92 Å². The van der Waals surface area contributed by atoms with E-state index in [1.54, 1.807) is 6.92 Å². The first kappa shape index (κ1) is 20.9. The number of hydrogen-bond acceptors (Lipinski definition) is 6. The number of anilines is 2. The van der Waals surface area contributed by atoms with Crippen LogP contribution in [0.5, 0.6) is 0 Å². The second-order valence-corrected chi connectivity index (χ2v) is 7.69. The van der Waals surface area contributed by atoms with Crippen molar-refractivity contribution in [2.75, 3.05) is 42.9 Å². The van der Waals surface area contributed by atoms with Crippen LogP contribution in [0.3, 0.4) is 0 Å². The summed E-state index contributed by atoms with van der Waals surface area (Å²) in [6.07, 6.45) is 0. The summed E-state index contributed by atoms with van der Waals surface area (Å²) in [5, 5.41) is 13.6. The molecule has 29 heavy (non-hydrogen) atoms. The molecule has 0 spiro atoms. The summed E-state index contributed by atoms with van der Waals surface area (Å²) in [7, 11) is 0. The molecule has 0 saturated carbocycles. The first-order valence-corrected chi connectivity index (χ1v) is 9.95. The normalized spacial score (nSPS) is 14.5. The average Bonchev–Trinajstić information content (AvgIpc) is 2.70. The zero-order valence-electron chi connectivity index (χ0n) is 15.9. The number of Topliss-reactive ketones (excluding diaryl/α,β-unsaturated/α-hetero) is 1. The van der Waals surface area contributed by atoms with Gasteiger partial charge in [-0.15, -0.1) is 0 Å². The van der Waals surface area contributed by atoms with Crippen LogP contribution in [-0.4, -0.2) is 54.2 Å². The van der Waals surface area contributed by atoms with Crippen LogP contribution in [0.1, 0.15) is 17.3 Å². The van der Waals surface area contributed by atoms with E-state index in [-0.39, 0.29) is 23.9 Å². The molecular formula is C20H21BrN4O4. The average molecular weight is 461 g/mol. The number of piperazine rings is 1. The zero-order chi connectivity index (χ0) is 21.0. The molecule has 8 nitrogen and oxygen atoms in total. The van der Waals surface area contributed by atoms with Crippen molar-refractivity contribution < 1.29 is 14.5 Å². The minimum absolute atomic E-state index is 0.0395. The van der Waals surface area contributed by atoms with Crippen molar-refractivity contribution in [3.8, 4) is 0 Å². The fourth-order valence-electron chi connectivity index (χ4n) is 3.18. The molecule has 1 fully saturated rings. The van der Waals surface area contributed by atoms with Gasteiger partial charge in [-0.1, -0.05) is 0 Å². The van der Waals surface area contributed by atoms with Gasteiger partial charge in [0.2, 0.25) is 5.91 Å². The molecule has 0 aliphatic carbocycles. The van der Waals surface area contributed by atoms with Crippen LogP contribution in [0.4, 0.5) is 17.1 Å². The van der Waals surface area contributed by atoms with Crippen molar-refractivity contribution in [1.82, 2.24) is 4.90 Å². The molecule has 0 radical (unpaired) electrons. The van der Waals surface area contributed by atoms with Crippen molar-refractivity contribution in [2.45, 2.75) is 6.92 Å². The first-order valence-electron chi connectivity index (χ1n) is 9.15. The second-order valence-electron chi connectivity index (χ2n) is 6.84. The number of carbonyl (C=O) groups is 2. The molecule has 1 heterocycles. The summed E-state index contributed by atoms with van der Waals surface area (Å²) in [6.45, 7) is 4.85. The van der Waals surface area contributed by atoms with Crippen LogP contribution in [0.2, 0.25) is 0 Å². The molecule has 9 heteroatoms. The maximum Gasteiger partial charge on any atom is 0.270 e. The molecule has 152 valence electrons. The van der Waals surface area contributed by atoms with E-state index in [9.17, 15) is 19.7 Å². The summed E-state index contributed by atoms with van der Waals surface area (Å²) < 4.78 is 0.471. The Morgan fingerprint density at radius 3 is 2.31 bits per heavy atom. The fourth-order valence-corrected chi connectivity index (χ4v) is 3.65. The number of amides is 1. The molecule has 1 aliphatic rings. The molecule has 1 N–H and O–H groups in total. The van der Waals surface area contributed by atoms with E-state index in [4.69, 9.17) is 0 Å². The van der Waals surface area contributed by atoms with E-state index in [1.807, 2.05) is 24.3 Å². The third kappa shape index (κ3) is 5.39. The summed E-state index contributed by atoms with van der Waals surface area (Å²) in [4.78, 5) is 38.3. The number of nitrogens with zero attached hydrogens (tertiary/aromatic N) is 3. The molecule has 2 aromatic rings. The monoisotopic (exact) mass is 460 g/mol. The van der Waals surface area contributed by atoms with Crippen molar-refractivity contribution in [1.29, 1.82) is 0 Å². The number of ketones is 1. The Balaban J connectivity index is 1.51. The second kappa shape index (κ2) is 9.15. The standard InChI is InChI=1S/C20H21BrN4O4/c1-14(26)15-2-4-16(5-3-15)24-10-8-23(9-11-24)13-20(27)22-19-7-6-17(25(28)29)12-18(19)21/h2-7,12H,8-11,13H2,1H3,(H,22,27). The van der Waals surface area contributed by atoms with E-state index in [0.717, 1.165) is 31.9 Å². The van der Waals surface area contributed by atoms with Crippen LogP contribution in [0.15, 0.2) is 46.9 Å². The van der Waals surface area contributed by atoms with Crippen LogP contribution in [-0.2, 0) is 4.79 Å². The number of non-ortho nitro benzene ring substituents is 1. The quantitative estimate of drug-likeness (QED) is 0.403. The van der Waals surface area contributed by atoms with Crippen molar-refractivity contribution in [2.24, 2.45) is 0 Å². The highest BCUT2D eigenvalue weighted by Gasteiger charge is 2.20. The Morgan fingerprint density at radius 2 is 1.76 bits per heavy atom. The van der Waals surface area contributed by atoms with Gasteiger partial charge in [-0.05, 0) is 53.2 Å². The van der Waals surface area contributed by atoms with E-state index in [0.29, 0.717) is 15.7 Å². The van der Waals surface area contributed by atoms with Crippen molar-refractivity contribution in [3.63, 3.8) is 0 Å². The molecule has 2 aromatic carbocycles. The highest BCUT2D eigenvalue weighted by molar-refractivity contribution is 9.10. The Morgan fingerprint density at radius 1 is 1.10 bits per heavy atom. The predicted molar refractivity (Wildman–Crippen MR) is 115 cm³/mol. The van der Waals surface area contributed by atoms with Gasteiger partial charge in [-0.25, -0.2) is 0 Å². The summed E-state index contributed by atoms with van der Waals surface area (Å²) in [5.74, 6) is -0.120.